The minimum atomic E-state index is -3.28. The molecule has 1 rings (SSSR count). The third-order valence-corrected chi connectivity index (χ3v) is 5.34. The van der Waals surface area contributed by atoms with Crippen molar-refractivity contribution in [3.63, 3.8) is 0 Å². The molecule has 1 N–H and O–H groups in total. The highest BCUT2D eigenvalue weighted by molar-refractivity contribution is 9.10. The minimum Gasteiger partial charge on any atom is -0.351 e. The van der Waals surface area contributed by atoms with E-state index in [0.29, 0.717) is 5.56 Å². The van der Waals surface area contributed by atoms with Crippen LogP contribution in [0.4, 0.5) is 0 Å². The lowest BCUT2D eigenvalue weighted by atomic mass is 10.1. The van der Waals surface area contributed by atoms with E-state index in [1.54, 1.807) is 18.2 Å². The summed E-state index contributed by atoms with van der Waals surface area (Å²) in [4.78, 5) is 11.8. The number of carbonyl (C=O) groups is 1. The zero-order valence-electron chi connectivity index (χ0n) is 11.1. The molecule has 0 aliphatic heterocycles. The zero-order valence-corrected chi connectivity index (χ0v) is 13.5. The average Bonchev–Trinajstić information content (AvgIpc) is 2.32. The molecule has 0 unspecified atom stereocenters. The summed E-state index contributed by atoms with van der Waals surface area (Å²) in [5.74, 6) is -0.383. The molecule has 5 nitrogen and oxygen atoms in total. The van der Waals surface area contributed by atoms with E-state index in [4.69, 9.17) is 0 Å². The van der Waals surface area contributed by atoms with E-state index >= 15 is 0 Å². The van der Waals surface area contributed by atoms with Crippen LogP contribution in [0, 0.1) is 6.92 Å². The summed E-state index contributed by atoms with van der Waals surface area (Å²) in [6.45, 7) is 1.98. The average molecular weight is 349 g/mol. The fourth-order valence-electron chi connectivity index (χ4n) is 1.36. The topological polar surface area (TPSA) is 66.5 Å². The molecule has 0 saturated carbocycles. The number of benzene rings is 1. The summed E-state index contributed by atoms with van der Waals surface area (Å²) in [5.41, 5.74) is 1.47. The number of halogens is 1. The van der Waals surface area contributed by atoms with Gasteiger partial charge in [0.05, 0.1) is 5.75 Å². The number of amides is 1. The number of carbonyl (C=O) groups excluding carboxylic acids is 1. The van der Waals surface area contributed by atoms with E-state index in [1.165, 1.54) is 14.1 Å². The molecule has 0 bridgehead atoms. The van der Waals surface area contributed by atoms with E-state index in [1.807, 2.05) is 6.92 Å². The summed E-state index contributed by atoms with van der Waals surface area (Å²) < 4.78 is 25.1. The second-order valence-electron chi connectivity index (χ2n) is 4.32. The van der Waals surface area contributed by atoms with Crippen LogP contribution < -0.4 is 5.32 Å². The molecule has 19 heavy (non-hydrogen) atoms. The van der Waals surface area contributed by atoms with Crippen LogP contribution in [-0.4, -0.2) is 45.0 Å². The van der Waals surface area contributed by atoms with E-state index in [2.05, 4.69) is 21.2 Å². The number of hydrogen-bond acceptors (Lipinski definition) is 3. The van der Waals surface area contributed by atoms with Crippen LogP contribution in [0.25, 0.3) is 0 Å². The summed E-state index contributed by atoms with van der Waals surface area (Å²) >= 11 is 3.36. The SMILES string of the molecule is Cc1cc(C(=O)NCCS(=O)(=O)N(C)C)ccc1Br. The lowest BCUT2D eigenvalue weighted by molar-refractivity contribution is 0.0956. The van der Waals surface area contributed by atoms with Crippen molar-refractivity contribution >= 4 is 31.9 Å². The molecule has 0 spiro atoms. The van der Waals surface area contributed by atoms with Crippen molar-refractivity contribution in [2.45, 2.75) is 6.92 Å². The molecule has 0 heterocycles. The molecule has 0 aliphatic rings. The minimum absolute atomic E-state index is 0.0917. The third kappa shape index (κ3) is 4.59. The van der Waals surface area contributed by atoms with Gasteiger partial charge in [-0.25, -0.2) is 12.7 Å². The number of nitrogens with one attached hydrogen (secondary N) is 1. The Morgan fingerprint density at radius 2 is 2.00 bits per heavy atom. The molecule has 0 aromatic heterocycles. The summed E-state index contributed by atoms with van der Waals surface area (Å²) in [6.07, 6.45) is 0. The predicted molar refractivity (Wildman–Crippen MR) is 78.7 cm³/mol. The van der Waals surface area contributed by atoms with Crippen molar-refractivity contribution in [1.82, 2.24) is 9.62 Å². The van der Waals surface area contributed by atoms with Crippen molar-refractivity contribution in [2.75, 3.05) is 26.4 Å². The largest absolute Gasteiger partial charge is 0.351 e. The van der Waals surface area contributed by atoms with Gasteiger partial charge in [-0.05, 0) is 30.7 Å². The first-order chi connectivity index (χ1) is 8.74. The number of aryl methyl sites for hydroxylation is 1. The fraction of sp³-hybridized carbons (Fsp3) is 0.417. The second-order valence-corrected chi connectivity index (χ2v) is 7.47. The van der Waals surface area contributed by atoms with E-state index in [0.717, 1.165) is 14.3 Å². The molecular formula is C12H17BrN2O3S. The highest BCUT2D eigenvalue weighted by Crippen LogP contribution is 2.16. The van der Waals surface area contributed by atoms with E-state index in [-0.39, 0.29) is 18.2 Å². The van der Waals surface area contributed by atoms with Gasteiger partial charge in [0.1, 0.15) is 0 Å². The van der Waals surface area contributed by atoms with Crippen LogP contribution in [0.15, 0.2) is 22.7 Å². The fourth-order valence-corrected chi connectivity index (χ4v) is 2.34. The van der Waals surface area contributed by atoms with Gasteiger partial charge in [0.25, 0.3) is 5.91 Å². The van der Waals surface area contributed by atoms with Gasteiger partial charge in [0.2, 0.25) is 10.0 Å². The number of hydrogen-bond donors (Lipinski definition) is 1. The molecule has 0 saturated heterocycles. The van der Waals surface area contributed by atoms with Gasteiger partial charge in [0, 0.05) is 30.7 Å². The summed E-state index contributed by atoms with van der Waals surface area (Å²) in [6, 6.07) is 5.23. The Labute approximate surface area is 122 Å². The monoisotopic (exact) mass is 348 g/mol. The quantitative estimate of drug-likeness (QED) is 0.873. The van der Waals surface area contributed by atoms with Crippen LogP contribution in [-0.2, 0) is 10.0 Å². The normalized spacial score (nSPS) is 11.6. The van der Waals surface area contributed by atoms with Crippen molar-refractivity contribution in [1.29, 1.82) is 0 Å². The van der Waals surface area contributed by atoms with Gasteiger partial charge in [-0.2, -0.15) is 0 Å². The number of rotatable bonds is 5. The highest BCUT2D eigenvalue weighted by Gasteiger charge is 2.14. The predicted octanol–water partition coefficient (Wildman–Crippen LogP) is 1.38. The first-order valence-corrected chi connectivity index (χ1v) is 8.09. The van der Waals surface area contributed by atoms with Gasteiger partial charge in [-0.3, -0.25) is 4.79 Å². The van der Waals surface area contributed by atoms with Crippen LogP contribution in [0.3, 0.4) is 0 Å². The first kappa shape index (κ1) is 16.1. The van der Waals surface area contributed by atoms with Gasteiger partial charge >= 0.3 is 0 Å². The maximum Gasteiger partial charge on any atom is 0.251 e. The molecule has 1 aromatic rings. The first-order valence-electron chi connectivity index (χ1n) is 5.68. The third-order valence-electron chi connectivity index (χ3n) is 2.62. The standard InChI is InChI=1S/C12H17BrN2O3S/c1-9-8-10(4-5-11(9)13)12(16)14-6-7-19(17,18)15(2)3/h4-5,8H,6-7H2,1-3H3,(H,14,16). The maximum atomic E-state index is 11.8. The lowest BCUT2D eigenvalue weighted by Gasteiger charge is -2.11. The molecular weight excluding hydrogens is 332 g/mol. The van der Waals surface area contributed by atoms with Crippen LogP contribution >= 0.6 is 15.9 Å². The number of sulfonamides is 1. The van der Waals surface area contributed by atoms with Crippen LogP contribution in [0.2, 0.25) is 0 Å². The maximum absolute atomic E-state index is 11.8. The zero-order chi connectivity index (χ0) is 14.6. The molecule has 0 radical (unpaired) electrons. The van der Waals surface area contributed by atoms with E-state index < -0.39 is 10.0 Å². The number of nitrogens with zero attached hydrogens (tertiary/aromatic N) is 1. The molecule has 7 heteroatoms. The summed E-state index contributed by atoms with van der Waals surface area (Å²) in [7, 11) is -0.345. The van der Waals surface area contributed by atoms with Crippen molar-refractivity contribution < 1.29 is 13.2 Å². The van der Waals surface area contributed by atoms with Gasteiger partial charge < -0.3 is 5.32 Å². The Bertz CT molecular complexity index is 570. The molecule has 0 atom stereocenters. The Kier molecular flexibility index (Phi) is 5.51. The van der Waals surface area contributed by atoms with Crippen LogP contribution in [0.5, 0.6) is 0 Å². The Morgan fingerprint density at radius 1 is 1.37 bits per heavy atom. The van der Waals surface area contributed by atoms with Gasteiger partial charge in [-0.15, -0.1) is 0 Å². The van der Waals surface area contributed by atoms with Gasteiger partial charge in [0.15, 0.2) is 0 Å². The molecule has 1 aromatic carbocycles. The smallest absolute Gasteiger partial charge is 0.251 e. The highest BCUT2D eigenvalue weighted by atomic mass is 79.9. The lowest BCUT2D eigenvalue weighted by Crippen LogP contribution is -2.33. The Hall–Kier alpha value is -0.920. The summed E-state index contributed by atoms with van der Waals surface area (Å²) in [5, 5.41) is 2.60. The Balaban J connectivity index is 2.59. The van der Waals surface area contributed by atoms with Crippen molar-refractivity contribution in [3.8, 4) is 0 Å². The second kappa shape index (κ2) is 6.49. The Morgan fingerprint density at radius 3 is 2.53 bits per heavy atom. The molecule has 106 valence electrons. The van der Waals surface area contributed by atoms with Crippen molar-refractivity contribution in [3.05, 3.63) is 33.8 Å². The molecule has 0 fully saturated rings. The van der Waals surface area contributed by atoms with E-state index in [9.17, 15) is 13.2 Å². The van der Waals surface area contributed by atoms with Crippen LogP contribution in [0.1, 0.15) is 15.9 Å². The molecule has 0 aliphatic carbocycles. The van der Waals surface area contributed by atoms with Gasteiger partial charge in [-0.1, -0.05) is 15.9 Å². The van der Waals surface area contributed by atoms with Crippen molar-refractivity contribution in [2.24, 2.45) is 0 Å². The molecule has 1 amide bonds.